The van der Waals surface area contributed by atoms with Crippen molar-refractivity contribution in [2.75, 3.05) is 30.1 Å². The molecule has 4 rings (SSSR count). The fourth-order valence-electron chi connectivity index (χ4n) is 4.59. The first kappa shape index (κ1) is 28.9. The van der Waals surface area contributed by atoms with Crippen LogP contribution in [0.4, 0.5) is 24.5 Å². The summed E-state index contributed by atoms with van der Waals surface area (Å²) in [6.45, 7) is 6.25. The first-order valence-corrected chi connectivity index (χ1v) is 14.0. The molecule has 0 radical (unpaired) electrons. The van der Waals surface area contributed by atoms with Crippen LogP contribution in [0.5, 0.6) is 0 Å². The van der Waals surface area contributed by atoms with E-state index in [2.05, 4.69) is 11.3 Å². The Morgan fingerprint density at radius 3 is 2.45 bits per heavy atom. The van der Waals surface area contributed by atoms with Crippen molar-refractivity contribution in [3.05, 3.63) is 107 Å². The summed E-state index contributed by atoms with van der Waals surface area (Å²) in [4.78, 5) is 16.5. The number of rotatable bonds is 8. The van der Waals surface area contributed by atoms with Crippen LogP contribution in [-0.4, -0.2) is 49.8 Å². The van der Waals surface area contributed by atoms with Crippen LogP contribution in [0.2, 0.25) is 0 Å². The first-order valence-electron chi connectivity index (χ1n) is 12.5. The monoisotopic (exact) mass is 570 g/mol. The smallest absolute Gasteiger partial charge is 0.263 e. The van der Waals surface area contributed by atoms with E-state index in [-0.39, 0.29) is 40.3 Å². The Kier molecular flexibility index (Phi) is 8.65. The number of halogens is 3. The molecule has 0 spiro atoms. The molecule has 1 amide bonds. The Hall–Kier alpha value is -4.09. The predicted octanol–water partition coefficient (Wildman–Crippen LogP) is 5.03. The predicted molar refractivity (Wildman–Crippen MR) is 149 cm³/mol. The third-order valence-corrected chi connectivity index (χ3v) is 8.12. The number of hydrogen-bond acceptors (Lipinski definition) is 5. The number of carbonyl (C=O) groups excluding carboxylic acids is 1. The standard InChI is InChI=1S/C29H29F3N4O3S/c1-3-4-6-20-7-5-8-26(28(20)33)40(38,39)34-22-11-9-21(10-12-22)29(37)36-16-15-35(17-19(36)2)18-23-24(30)13-14-25(31)27(23)32/h3-14,19,34H,1,15-18,33H2,2H3/b6-4-/t19-/m0/s1. The molecule has 11 heteroatoms. The molecule has 3 N–H and O–H groups in total. The zero-order valence-electron chi connectivity index (χ0n) is 21.8. The molecule has 0 bridgehead atoms. The highest BCUT2D eigenvalue weighted by molar-refractivity contribution is 7.92. The molecule has 0 aromatic heterocycles. The minimum absolute atomic E-state index is 0.0800. The number of hydrogen-bond donors (Lipinski definition) is 2. The minimum atomic E-state index is -4.01. The number of nitrogens with two attached hydrogens (primary N) is 1. The van der Waals surface area contributed by atoms with Crippen LogP contribution in [0.3, 0.4) is 0 Å². The summed E-state index contributed by atoms with van der Waals surface area (Å²) in [5.74, 6) is -3.40. The van der Waals surface area contributed by atoms with Gasteiger partial charge < -0.3 is 10.6 Å². The molecule has 1 heterocycles. The van der Waals surface area contributed by atoms with E-state index >= 15 is 0 Å². The maximum Gasteiger partial charge on any atom is 0.263 e. The van der Waals surface area contributed by atoms with Crippen LogP contribution in [0, 0.1) is 17.5 Å². The summed E-state index contributed by atoms with van der Waals surface area (Å²) >= 11 is 0. The van der Waals surface area contributed by atoms with Gasteiger partial charge in [-0.25, -0.2) is 21.6 Å². The van der Waals surface area contributed by atoms with Gasteiger partial charge in [-0.15, -0.1) is 0 Å². The zero-order chi connectivity index (χ0) is 29.0. The fraction of sp³-hybridized carbons (Fsp3) is 0.207. The van der Waals surface area contributed by atoms with Crippen LogP contribution in [0.15, 0.2) is 78.2 Å². The van der Waals surface area contributed by atoms with Crippen molar-refractivity contribution in [1.29, 1.82) is 0 Å². The van der Waals surface area contributed by atoms with Crippen LogP contribution in [0.25, 0.3) is 6.08 Å². The lowest BCUT2D eigenvalue weighted by molar-refractivity contribution is 0.0470. The van der Waals surface area contributed by atoms with Crippen molar-refractivity contribution in [1.82, 2.24) is 9.80 Å². The third kappa shape index (κ3) is 6.21. The van der Waals surface area contributed by atoms with Gasteiger partial charge in [0, 0.05) is 49.0 Å². The summed E-state index contributed by atoms with van der Waals surface area (Å²) in [6.07, 6.45) is 4.86. The average Bonchev–Trinajstić information content (AvgIpc) is 2.92. The number of para-hydroxylation sites is 1. The van der Waals surface area contributed by atoms with Crippen LogP contribution >= 0.6 is 0 Å². The summed E-state index contributed by atoms with van der Waals surface area (Å²) in [5.41, 5.74) is 6.97. The summed E-state index contributed by atoms with van der Waals surface area (Å²) < 4.78 is 70.2. The minimum Gasteiger partial charge on any atom is -0.397 e. The van der Waals surface area contributed by atoms with E-state index in [1.54, 1.807) is 40.2 Å². The molecular formula is C29H29F3N4O3S. The number of nitrogens with one attached hydrogen (secondary N) is 1. The van der Waals surface area contributed by atoms with Gasteiger partial charge >= 0.3 is 0 Å². The Balaban J connectivity index is 1.42. The van der Waals surface area contributed by atoms with E-state index in [4.69, 9.17) is 5.73 Å². The molecule has 0 aliphatic carbocycles. The van der Waals surface area contributed by atoms with E-state index < -0.39 is 27.5 Å². The van der Waals surface area contributed by atoms with Crippen LogP contribution in [-0.2, 0) is 16.6 Å². The topological polar surface area (TPSA) is 95.7 Å². The molecule has 3 aromatic carbocycles. The third-order valence-electron chi connectivity index (χ3n) is 6.68. The van der Waals surface area contributed by atoms with Gasteiger partial charge in [-0.1, -0.05) is 36.9 Å². The molecule has 3 aromatic rings. The highest BCUT2D eigenvalue weighted by atomic mass is 32.2. The van der Waals surface area contributed by atoms with Crippen molar-refractivity contribution in [3.63, 3.8) is 0 Å². The molecule has 0 unspecified atom stereocenters. The zero-order valence-corrected chi connectivity index (χ0v) is 22.6. The van der Waals surface area contributed by atoms with Gasteiger partial charge in [0.15, 0.2) is 11.6 Å². The Labute approximate surface area is 231 Å². The Bertz CT molecular complexity index is 1560. The number of nitrogens with zero attached hydrogens (tertiary/aromatic N) is 2. The van der Waals surface area contributed by atoms with Gasteiger partial charge in [0.2, 0.25) is 0 Å². The van der Waals surface area contributed by atoms with E-state index in [1.165, 1.54) is 30.3 Å². The van der Waals surface area contributed by atoms with Gasteiger partial charge in [-0.2, -0.15) is 0 Å². The number of nitrogen functional groups attached to an aromatic ring is 1. The number of carbonyl (C=O) groups is 1. The van der Waals surface area contributed by atoms with Gasteiger partial charge in [0.25, 0.3) is 15.9 Å². The van der Waals surface area contributed by atoms with Crippen molar-refractivity contribution in [2.45, 2.75) is 24.4 Å². The second kappa shape index (κ2) is 12.0. The number of amides is 1. The molecule has 7 nitrogen and oxygen atoms in total. The van der Waals surface area contributed by atoms with E-state index in [9.17, 15) is 26.4 Å². The Morgan fingerprint density at radius 2 is 1.77 bits per heavy atom. The molecule has 1 fully saturated rings. The van der Waals surface area contributed by atoms with Gasteiger partial charge in [-0.05, 0) is 55.0 Å². The van der Waals surface area contributed by atoms with E-state index in [0.29, 0.717) is 30.8 Å². The van der Waals surface area contributed by atoms with Gasteiger partial charge in [-0.3, -0.25) is 14.4 Å². The van der Waals surface area contributed by atoms with Crippen LogP contribution in [0.1, 0.15) is 28.4 Å². The SMILES string of the molecule is C=C/C=C\c1cccc(S(=O)(=O)Nc2ccc(C(=O)N3CCN(Cc4c(F)ccc(F)c4F)C[C@@H]3C)cc2)c1N. The molecule has 40 heavy (non-hydrogen) atoms. The maximum atomic E-state index is 14.1. The molecule has 1 atom stereocenters. The van der Waals surface area contributed by atoms with Gasteiger partial charge in [0.1, 0.15) is 10.7 Å². The molecule has 1 aliphatic heterocycles. The molecule has 0 saturated carbocycles. The van der Waals surface area contributed by atoms with E-state index in [1.807, 2.05) is 6.92 Å². The number of sulfonamides is 1. The molecular weight excluding hydrogens is 541 g/mol. The number of piperazine rings is 1. The fourth-order valence-corrected chi connectivity index (χ4v) is 5.81. The van der Waals surface area contributed by atoms with Crippen molar-refractivity contribution in [3.8, 4) is 0 Å². The number of allylic oxidation sites excluding steroid dienone is 2. The lowest BCUT2D eigenvalue weighted by Crippen LogP contribution is -2.53. The highest BCUT2D eigenvalue weighted by Crippen LogP contribution is 2.26. The quantitative estimate of drug-likeness (QED) is 0.225. The normalized spacial score (nSPS) is 16.3. The highest BCUT2D eigenvalue weighted by Gasteiger charge is 2.29. The van der Waals surface area contributed by atoms with Crippen LogP contribution < -0.4 is 10.5 Å². The lowest BCUT2D eigenvalue weighted by Gasteiger charge is -2.40. The maximum absolute atomic E-state index is 14.1. The summed E-state index contributed by atoms with van der Waals surface area (Å²) in [5, 5.41) is 0. The molecule has 210 valence electrons. The largest absolute Gasteiger partial charge is 0.397 e. The van der Waals surface area contributed by atoms with Crippen molar-refractivity contribution in [2.24, 2.45) is 0 Å². The molecule has 1 aliphatic rings. The molecule has 1 saturated heterocycles. The summed E-state index contributed by atoms with van der Waals surface area (Å²) in [6, 6.07) is 12.0. The number of benzene rings is 3. The Morgan fingerprint density at radius 1 is 1.07 bits per heavy atom. The van der Waals surface area contributed by atoms with Gasteiger partial charge in [0.05, 0.1) is 5.69 Å². The average molecular weight is 571 g/mol. The van der Waals surface area contributed by atoms with E-state index in [0.717, 1.165) is 12.1 Å². The number of anilines is 2. The van der Waals surface area contributed by atoms with Crippen molar-refractivity contribution >= 4 is 33.4 Å². The second-order valence-corrected chi connectivity index (χ2v) is 11.1. The lowest BCUT2D eigenvalue weighted by atomic mass is 10.1. The summed E-state index contributed by atoms with van der Waals surface area (Å²) in [7, 11) is -4.01. The first-order chi connectivity index (χ1) is 19.0. The van der Waals surface area contributed by atoms with Crippen molar-refractivity contribution < 1.29 is 26.4 Å². The second-order valence-electron chi connectivity index (χ2n) is 9.44.